The van der Waals surface area contributed by atoms with Gasteiger partial charge in [0.25, 0.3) is 0 Å². The van der Waals surface area contributed by atoms with Gasteiger partial charge in [0, 0.05) is 0 Å². The molecule has 0 aromatic heterocycles. The Balaban J connectivity index is 0. The molecule has 0 aliphatic carbocycles. The maximum absolute atomic E-state index is 11.1. The number of hydrogen-bond acceptors (Lipinski definition) is 3. The summed E-state index contributed by atoms with van der Waals surface area (Å²) in [7, 11) is 0. The van der Waals surface area contributed by atoms with Gasteiger partial charge in [-0.2, -0.15) is 0 Å². The lowest BCUT2D eigenvalue weighted by atomic mass is 9.95. The van der Waals surface area contributed by atoms with Crippen molar-refractivity contribution in [3.05, 3.63) is 0 Å². The number of halogens is 1. The zero-order valence-electron chi connectivity index (χ0n) is 9.84. The number of rotatable bonds is 7. The quantitative estimate of drug-likeness (QED) is 0.744. The summed E-state index contributed by atoms with van der Waals surface area (Å²) in [4.78, 5) is 23.6. The Bertz CT molecular complexity index is 231. The third-order valence-electron chi connectivity index (χ3n) is 2.60. The SMILES string of the molecule is Br.CC[C@H](C(=O)O)[C@@H](C(=O)O)N(CC)CC. The molecule has 0 spiro atoms. The molecule has 0 fully saturated rings. The van der Waals surface area contributed by atoms with E-state index in [2.05, 4.69) is 0 Å². The highest BCUT2D eigenvalue weighted by molar-refractivity contribution is 8.93. The van der Waals surface area contributed by atoms with E-state index in [1.54, 1.807) is 11.8 Å². The van der Waals surface area contributed by atoms with Crippen molar-refractivity contribution in [2.75, 3.05) is 13.1 Å². The molecule has 0 saturated carbocycles. The molecule has 0 aromatic rings. The van der Waals surface area contributed by atoms with E-state index in [1.165, 1.54) is 0 Å². The molecule has 2 N–H and O–H groups in total. The van der Waals surface area contributed by atoms with Crippen molar-refractivity contribution in [1.82, 2.24) is 4.90 Å². The van der Waals surface area contributed by atoms with Gasteiger partial charge in [0.15, 0.2) is 0 Å². The van der Waals surface area contributed by atoms with Crippen molar-refractivity contribution >= 4 is 28.9 Å². The summed E-state index contributed by atoms with van der Waals surface area (Å²) in [6, 6.07) is -0.928. The Morgan fingerprint density at radius 3 is 1.69 bits per heavy atom. The average Bonchev–Trinajstić information content (AvgIpc) is 2.17. The molecule has 16 heavy (non-hydrogen) atoms. The molecule has 96 valence electrons. The highest BCUT2D eigenvalue weighted by Crippen LogP contribution is 2.16. The number of carboxylic acids is 2. The van der Waals surface area contributed by atoms with Gasteiger partial charge in [-0.3, -0.25) is 14.5 Å². The molecular weight excluding hydrogens is 278 g/mol. The van der Waals surface area contributed by atoms with E-state index in [4.69, 9.17) is 10.2 Å². The predicted octanol–water partition coefficient (Wildman–Crippen LogP) is 1.47. The van der Waals surface area contributed by atoms with Crippen molar-refractivity contribution in [1.29, 1.82) is 0 Å². The van der Waals surface area contributed by atoms with Crippen LogP contribution in [0.15, 0.2) is 0 Å². The summed E-state index contributed by atoms with van der Waals surface area (Å²) in [5.74, 6) is -2.95. The van der Waals surface area contributed by atoms with Crippen LogP contribution in [0.4, 0.5) is 0 Å². The molecule has 0 rings (SSSR count). The second-order valence-corrected chi connectivity index (χ2v) is 3.36. The van der Waals surface area contributed by atoms with Crippen LogP contribution in [0.1, 0.15) is 27.2 Å². The second kappa shape index (κ2) is 8.52. The molecular formula is C10H20BrNO4. The average molecular weight is 298 g/mol. The minimum absolute atomic E-state index is 0. The third-order valence-corrected chi connectivity index (χ3v) is 2.60. The molecule has 0 aliphatic rings. The summed E-state index contributed by atoms with van der Waals surface area (Å²) >= 11 is 0. The smallest absolute Gasteiger partial charge is 0.321 e. The molecule has 5 nitrogen and oxygen atoms in total. The number of aliphatic carboxylic acids is 2. The standard InChI is InChI=1S/C10H19NO4.BrH/c1-4-7(9(12)13)8(10(14)15)11(5-2)6-3;/h7-8H,4-6H2,1-3H3,(H,12,13)(H,14,15);1H/t7-,8-;/m0./s1. The molecule has 2 atom stereocenters. The highest BCUT2D eigenvalue weighted by atomic mass is 79.9. The van der Waals surface area contributed by atoms with Crippen LogP contribution in [0.2, 0.25) is 0 Å². The van der Waals surface area contributed by atoms with Crippen LogP contribution < -0.4 is 0 Å². The zero-order chi connectivity index (χ0) is 12.0. The van der Waals surface area contributed by atoms with Crippen molar-refractivity contribution < 1.29 is 19.8 Å². The Labute approximate surface area is 106 Å². The van der Waals surface area contributed by atoms with Crippen LogP contribution in [0.5, 0.6) is 0 Å². The summed E-state index contributed by atoms with van der Waals surface area (Å²) < 4.78 is 0. The monoisotopic (exact) mass is 297 g/mol. The van der Waals surface area contributed by atoms with E-state index in [1.807, 2.05) is 13.8 Å². The van der Waals surface area contributed by atoms with E-state index in [9.17, 15) is 9.59 Å². The van der Waals surface area contributed by atoms with E-state index >= 15 is 0 Å². The summed E-state index contributed by atoms with van der Waals surface area (Å²) in [6.07, 6.45) is 0.322. The summed E-state index contributed by atoms with van der Waals surface area (Å²) in [5.41, 5.74) is 0. The first kappa shape index (κ1) is 17.8. The first-order valence-corrected chi connectivity index (χ1v) is 5.19. The van der Waals surface area contributed by atoms with Crippen molar-refractivity contribution in [2.24, 2.45) is 5.92 Å². The van der Waals surface area contributed by atoms with Gasteiger partial charge in [-0.15, -0.1) is 17.0 Å². The minimum atomic E-state index is -1.06. The number of nitrogens with zero attached hydrogens (tertiary/aromatic N) is 1. The van der Waals surface area contributed by atoms with Gasteiger partial charge in [-0.05, 0) is 19.5 Å². The first-order chi connectivity index (χ1) is 6.99. The Morgan fingerprint density at radius 1 is 1.06 bits per heavy atom. The molecule has 0 unspecified atom stereocenters. The maximum Gasteiger partial charge on any atom is 0.321 e. The Hall–Kier alpha value is -0.620. The Morgan fingerprint density at radius 2 is 1.50 bits per heavy atom. The van der Waals surface area contributed by atoms with Gasteiger partial charge >= 0.3 is 11.9 Å². The lowest BCUT2D eigenvalue weighted by Crippen LogP contribution is -2.48. The second-order valence-electron chi connectivity index (χ2n) is 3.36. The topological polar surface area (TPSA) is 77.8 Å². The number of carbonyl (C=O) groups is 2. The molecule has 0 aromatic carbocycles. The van der Waals surface area contributed by atoms with E-state index in [0.717, 1.165) is 0 Å². The van der Waals surface area contributed by atoms with Crippen molar-refractivity contribution in [3.8, 4) is 0 Å². The fourth-order valence-electron chi connectivity index (χ4n) is 1.73. The molecule has 0 bridgehead atoms. The normalized spacial score (nSPS) is 14.0. The Kier molecular flexibility index (Phi) is 9.46. The molecule has 0 saturated heterocycles. The fraction of sp³-hybridized carbons (Fsp3) is 0.800. The van der Waals surface area contributed by atoms with Crippen molar-refractivity contribution in [2.45, 2.75) is 33.2 Å². The lowest BCUT2D eigenvalue weighted by Gasteiger charge is -2.29. The molecule has 0 radical (unpaired) electrons. The molecule has 0 heterocycles. The molecule has 0 amide bonds. The van der Waals surface area contributed by atoms with Gasteiger partial charge in [0.1, 0.15) is 6.04 Å². The first-order valence-electron chi connectivity index (χ1n) is 5.19. The highest BCUT2D eigenvalue weighted by Gasteiger charge is 2.35. The number of likely N-dealkylation sites (N-methyl/N-ethyl adjacent to an activating group) is 1. The molecule has 0 aliphatic heterocycles. The van der Waals surface area contributed by atoms with Crippen LogP contribution >= 0.6 is 17.0 Å². The van der Waals surface area contributed by atoms with E-state index in [-0.39, 0.29) is 17.0 Å². The van der Waals surface area contributed by atoms with Crippen LogP contribution in [0, 0.1) is 5.92 Å². The van der Waals surface area contributed by atoms with Gasteiger partial charge in [0.2, 0.25) is 0 Å². The molecule has 6 heteroatoms. The van der Waals surface area contributed by atoms with E-state index in [0.29, 0.717) is 19.5 Å². The van der Waals surface area contributed by atoms with Gasteiger partial charge in [0.05, 0.1) is 5.92 Å². The van der Waals surface area contributed by atoms with Gasteiger partial charge < -0.3 is 10.2 Å². The lowest BCUT2D eigenvalue weighted by molar-refractivity contribution is -0.155. The van der Waals surface area contributed by atoms with Crippen LogP contribution in [0.25, 0.3) is 0 Å². The third kappa shape index (κ3) is 4.49. The predicted molar refractivity (Wildman–Crippen MR) is 66.1 cm³/mol. The zero-order valence-corrected chi connectivity index (χ0v) is 11.6. The van der Waals surface area contributed by atoms with E-state index < -0.39 is 23.9 Å². The number of carboxylic acid groups (broad SMARTS) is 2. The van der Waals surface area contributed by atoms with Crippen molar-refractivity contribution in [3.63, 3.8) is 0 Å². The minimum Gasteiger partial charge on any atom is -0.481 e. The summed E-state index contributed by atoms with van der Waals surface area (Å²) in [5, 5.41) is 18.0. The fourth-order valence-corrected chi connectivity index (χ4v) is 1.73. The van der Waals surface area contributed by atoms with Gasteiger partial charge in [-0.1, -0.05) is 20.8 Å². The summed E-state index contributed by atoms with van der Waals surface area (Å²) in [6.45, 7) is 6.43. The maximum atomic E-state index is 11.1. The van der Waals surface area contributed by atoms with Crippen LogP contribution in [-0.2, 0) is 9.59 Å². The van der Waals surface area contributed by atoms with Crippen LogP contribution in [0.3, 0.4) is 0 Å². The van der Waals surface area contributed by atoms with Gasteiger partial charge in [-0.25, -0.2) is 0 Å². The number of hydrogen-bond donors (Lipinski definition) is 2. The van der Waals surface area contributed by atoms with Crippen LogP contribution in [-0.4, -0.2) is 46.2 Å². The largest absolute Gasteiger partial charge is 0.481 e.